The summed E-state index contributed by atoms with van der Waals surface area (Å²) >= 11 is 0. The maximum atomic E-state index is 4.20. The highest BCUT2D eigenvalue weighted by molar-refractivity contribution is 5.78. The molecule has 0 saturated carbocycles. The highest BCUT2D eigenvalue weighted by atomic mass is 15.4. The van der Waals surface area contributed by atoms with E-state index in [0.29, 0.717) is 6.04 Å². The second-order valence-corrected chi connectivity index (χ2v) is 4.38. The largest absolute Gasteiger partial charge is 0.304 e. The van der Waals surface area contributed by atoms with Crippen molar-refractivity contribution in [2.45, 2.75) is 19.0 Å². The van der Waals surface area contributed by atoms with E-state index in [2.05, 4.69) is 41.4 Å². The fourth-order valence-corrected chi connectivity index (χ4v) is 2.26. The lowest BCUT2D eigenvalue weighted by Gasteiger charge is -2.28. The van der Waals surface area contributed by atoms with Crippen molar-refractivity contribution >= 4 is 11.0 Å². The first-order valence-electron chi connectivity index (χ1n) is 5.23. The molecule has 78 valence electrons. The second-order valence-electron chi connectivity index (χ2n) is 4.38. The Kier molecular flexibility index (Phi) is 1.79. The summed E-state index contributed by atoms with van der Waals surface area (Å²) in [4.78, 5) is 2.25. The van der Waals surface area contributed by atoms with Crippen LogP contribution >= 0.6 is 0 Å². The molecule has 0 bridgehead atoms. The van der Waals surface area contributed by atoms with Gasteiger partial charge in [-0.25, -0.2) is 4.68 Å². The molecule has 0 aliphatic carbocycles. The third-order valence-corrected chi connectivity index (χ3v) is 3.19. The molecule has 4 heteroatoms. The lowest BCUT2D eigenvalue weighted by molar-refractivity contribution is 0.249. The molecule has 0 amide bonds. The van der Waals surface area contributed by atoms with E-state index in [1.54, 1.807) is 0 Å². The van der Waals surface area contributed by atoms with Crippen LogP contribution in [0, 0.1) is 0 Å². The van der Waals surface area contributed by atoms with Gasteiger partial charge in [0.1, 0.15) is 5.52 Å². The summed E-state index contributed by atoms with van der Waals surface area (Å²) in [5, 5.41) is 8.38. The molecule has 2 heterocycles. The fourth-order valence-electron chi connectivity index (χ4n) is 2.26. The highest BCUT2D eigenvalue weighted by Crippen LogP contribution is 2.24. The maximum absolute atomic E-state index is 4.20. The van der Waals surface area contributed by atoms with E-state index in [9.17, 15) is 0 Å². The predicted octanol–water partition coefficient (Wildman–Crippen LogP) is 0.918. The topological polar surface area (TPSA) is 34.0 Å². The summed E-state index contributed by atoms with van der Waals surface area (Å²) in [7, 11) is 4.24. The number of para-hydroxylation sites is 1. The van der Waals surface area contributed by atoms with Gasteiger partial charge in [0.05, 0.1) is 12.1 Å². The molecule has 4 nitrogen and oxygen atoms in total. The average Bonchev–Trinajstić information content (AvgIpc) is 2.64. The predicted molar refractivity (Wildman–Crippen MR) is 58.7 cm³/mol. The van der Waals surface area contributed by atoms with Gasteiger partial charge in [-0.05, 0) is 32.1 Å². The highest BCUT2D eigenvalue weighted by Gasteiger charge is 2.23. The minimum Gasteiger partial charge on any atom is -0.304 e. The molecule has 1 aromatic heterocycles. The third kappa shape index (κ3) is 1.25. The molecule has 0 radical (unpaired) electrons. The zero-order valence-electron chi connectivity index (χ0n) is 9.01. The summed E-state index contributed by atoms with van der Waals surface area (Å²) in [5.41, 5.74) is 3.60. The number of likely N-dealkylation sites (N-methyl/N-ethyl adjacent to an activating group) is 1. The number of hydrogen-bond donors (Lipinski definition) is 0. The number of hydrogen-bond acceptors (Lipinski definition) is 3. The van der Waals surface area contributed by atoms with Crippen LogP contribution in [-0.2, 0) is 13.0 Å². The van der Waals surface area contributed by atoms with Crippen molar-refractivity contribution < 1.29 is 0 Å². The molecule has 15 heavy (non-hydrogen) atoms. The maximum Gasteiger partial charge on any atom is 0.113 e. The van der Waals surface area contributed by atoms with Gasteiger partial charge >= 0.3 is 0 Å². The summed E-state index contributed by atoms with van der Waals surface area (Å²) < 4.78 is 2.03. The Hall–Kier alpha value is -1.42. The molecule has 1 unspecified atom stereocenters. The number of aromatic nitrogens is 3. The van der Waals surface area contributed by atoms with Gasteiger partial charge in [-0.2, -0.15) is 0 Å². The minimum atomic E-state index is 0.532. The molecule has 1 aromatic carbocycles. The van der Waals surface area contributed by atoms with E-state index in [1.807, 2.05) is 10.7 Å². The summed E-state index contributed by atoms with van der Waals surface area (Å²) in [6, 6.07) is 6.80. The quantitative estimate of drug-likeness (QED) is 0.689. The van der Waals surface area contributed by atoms with Gasteiger partial charge in [0, 0.05) is 6.04 Å². The van der Waals surface area contributed by atoms with E-state index in [0.717, 1.165) is 18.5 Å². The molecular weight excluding hydrogens is 188 g/mol. The smallest absolute Gasteiger partial charge is 0.113 e. The van der Waals surface area contributed by atoms with Crippen LogP contribution in [0.5, 0.6) is 0 Å². The van der Waals surface area contributed by atoms with Crippen LogP contribution in [-0.4, -0.2) is 40.0 Å². The van der Waals surface area contributed by atoms with Gasteiger partial charge in [-0.1, -0.05) is 17.3 Å². The van der Waals surface area contributed by atoms with Gasteiger partial charge in [0.15, 0.2) is 0 Å². The Morgan fingerprint density at radius 3 is 3.07 bits per heavy atom. The van der Waals surface area contributed by atoms with Crippen molar-refractivity contribution in [2.75, 3.05) is 14.1 Å². The normalized spacial score (nSPS) is 20.1. The van der Waals surface area contributed by atoms with E-state index >= 15 is 0 Å². The van der Waals surface area contributed by atoms with Crippen LogP contribution in [0.25, 0.3) is 11.0 Å². The molecule has 0 spiro atoms. The summed E-state index contributed by atoms with van der Waals surface area (Å²) in [5.74, 6) is 0. The first-order valence-corrected chi connectivity index (χ1v) is 5.23. The molecule has 0 saturated heterocycles. The van der Waals surface area contributed by atoms with Crippen molar-refractivity contribution in [3.05, 3.63) is 23.8 Å². The van der Waals surface area contributed by atoms with E-state index < -0.39 is 0 Å². The Bertz CT molecular complexity index is 500. The van der Waals surface area contributed by atoms with Crippen LogP contribution in [0.1, 0.15) is 5.56 Å². The van der Waals surface area contributed by atoms with E-state index in [4.69, 9.17) is 0 Å². The van der Waals surface area contributed by atoms with Crippen molar-refractivity contribution in [1.82, 2.24) is 19.9 Å². The Balaban J connectivity index is 2.16. The lowest BCUT2D eigenvalue weighted by atomic mass is 10.0. The van der Waals surface area contributed by atoms with Gasteiger partial charge in [-0.15, -0.1) is 5.10 Å². The van der Waals surface area contributed by atoms with Crippen molar-refractivity contribution in [3.8, 4) is 0 Å². The van der Waals surface area contributed by atoms with Crippen LogP contribution in [0.3, 0.4) is 0 Å². The third-order valence-electron chi connectivity index (χ3n) is 3.19. The zero-order valence-corrected chi connectivity index (χ0v) is 9.01. The lowest BCUT2D eigenvalue weighted by Crippen LogP contribution is -2.37. The van der Waals surface area contributed by atoms with Crippen LogP contribution in [0.2, 0.25) is 0 Å². The van der Waals surface area contributed by atoms with Crippen molar-refractivity contribution in [2.24, 2.45) is 0 Å². The summed E-state index contributed by atoms with van der Waals surface area (Å²) in [6.45, 7) is 0.945. The minimum absolute atomic E-state index is 0.532. The second kappa shape index (κ2) is 3.03. The van der Waals surface area contributed by atoms with Crippen molar-refractivity contribution in [1.29, 1.82) is 0 Å². The molecule has 0 fully saturated rings. The number of rotatable bonds is 1. The standard InChI is InChI=1S/C11H14N4/c1-14(2)9-6-8-4-3-5-10-11(8)15(7-9)13-12-10/h3-5,9H,6-7H2,1-2H3. The Morgan fingerprint density at radius 2 is 2.27 bits per heavy atom. The fraction of sp³-hybridized carbons (Fsp3) is 0.455. The molecule has 1 atom stereocenters. The van der Waals surface area contributed by atoms with Gasteiger partial charge in [-0.3, -0.25) is 0 Å². The molecule has 3 rings (SSSR count). The zero-order chi connectivity index (χ0) is 10.4. The van der Waals surface area contributed by atoms with Crippen molar-refractivity contribution in [3.63, 3.8) is 0 Å². The molecule has 1 aliphatic rings. The SMILES string of the molecule is CN(C)C1Cc2cccc3nnn(c23)C1. The van der Waals surface area contributed by atoms with Gasteiger partial charge in [0.25, 0.3) is 0 Å². The Morgan fingerprint density at radius 1 is 1.40 bits per heavy atom. The molecular formula is C11H14N4. The van der Waals surface area contributed by atoms with Crippen LogP contribution in [0.4, 0.5) is 0 Å². The first-order chi connectivity index (χ1) is 7.25. The first kappa shape index (κ1) is 8.85. The van der Waals surface area contributed by atoms with Crippen LogP contribution < -0.4 is 0 Å². The summed E-state index contributed by atoms with van der Waals surface area (Å²) in [6.07, 6.45) is 1.09. The average molecular weight is 202 g/mol. The Labute approximate surface area is 88.5 Å². The molecule has 2 aromatic rings. The molecule has 0 N–H and O–H groups in total. The van der Waals surface area contributed by atoms with E-state index in [1.165, 1.54) is 11.1 Å². The monoisotopic (exact) mass is 202 g/mol. The van der Waals surface area contributed by atoms with Gasteiger partial charge < -0.3 is 4.90 Å². The van der Waals surface area contributed by atoms with Gasteiger partial charge in [0.2, 0.25) is 0 Å². The van der Waals surface area contributed by atoms with Crippen LogP contribution in [0.15, 0.2) is 18.2 Å². The van der Waals surface area contributed by atoms with E-state index in [-0.39, 0.29) is 0 Å². The number of benzene rings is 1. The molecule has 1 aliphatic heterocycles. The number of nitrogens with zero attached hydrogens (tertiary/aromatic N) is 4.